The lowest BCUT2D eigenvalue weighted by molar-refractivity contribution is -0.123. The zero-order chi connectivity index (χ0) is 18.1. The van der Waals surface area contributed by atoms with Gasteiger partial charge in [0.15, 0.2) is 12.1 Å². The van der Waals surface area contributed by atoms with Gasteiger partial charge in [-0.25, -0.2) is 4.79 Å². The molecule has 7 nitrogen and oxygen atoms in total. The third-order valence-corrected chi connectivity index (χ3v) is 4.30. The molecule has 1 aliphatic heterocycles. The van der Waals surface area contributed by atoms with Crippen molar-refractivity contribution in [3.63, 3.8) is 0 Å². The van der Waals surface area contributed by atoms with E-state index >= 15 is 0 Å². The van der Waals surface area contributed by atoms with Crippen molar-refractivity contribution >= 4 is 12.0 Å². The maximum atomic E-state index is 12.5. The fraction of sp³-hybridized carbons (Fsp3) is 0.389. The zero-order valence-corrected chi connectivity index (χ0v) is 14.8. The lowest BCUT2D eigenvalue weighted by Gasteiger charge is -2.23. The molecule has 0 bridgehead atoms. The Hall–Kier alpha value is -2.83. The first kappa shape index (κ1) is 17.0. The standard InChI is InChI=1S/C18H22N4O3/c1-11-10-14(13-8-6-5-7-9-13)20-22(11)15-16(12(2)19-17(15)23)25-18(24)21(3)4/h5-10,12,15-16H,1-4H3,(H,19,23). The Morgan fingerprint density at radius 1 is 1.28 bits per heavy atom. The first-order chi connectivity index (χ1) is 11.9. The highest BCUT2D eigenvalue weighted by atomic mass is 16.6. The lowest BCUT2D eigenvalue weighted by Crippen LogP contribution is -2.38. The molecule has 1 N–H and O–H groups in total. The molecule has 1 aromatic carbocycles. The van der Waals surface area contributed by atoms with Crippen LogP contribution in [0.15, 0.2) is 36.4 Å². The van der Waals surface area contributed by atoms with E-state index in [4.69, 9.17) is 4.74 Å². The van der Waals surface area contributed by atoms with Crippen LogP contribution in [0, 0.1) is 6.92 Å². The van der Waals surface area contributed by atoms with Crippen LogP contribution in [-0.2, 0) is 9.53 Å². The second-order valence-corrected chi connectivity index (χ2v) is 6.47. The van der Waals surface area contributed by atoms with Gasteiger partial charge in [-0.3, -0.25) is 9.48 Å². The molecule has 25 heavy (non-hydrogen) atoms. The second-order valence-electron chi connectivity index (χ2n) is 6.47. The summed E-state index contributed by atoms with van der Waals surface area (Å²) in [5.41, 5.74) is 2.58. The molecule has 132 valence electrons. The van der Waals surface area contributed by atoms with Gasteiger partial charge in [0.05, 0.1) is 11.7 Å². The SMILES string of the molecule is Cc1cc(-c2ccccc2)nn1C1C(=O)NC(C)C1OC(=O)N(C)C. The molecule has 1 aromatic heterocycles. The third kappa shape index (κ3) is 3.22. The normalized spacial score (nSPS) is 22.6. The van der Waals surface area contributed by atoms with Crippen LogP contribution in [0.1, 0.15) is 18.7 Å². The Morgan fingerprint density at radius 3 is 2.60 bits per heavy atom. The first-order valence-electron chi connectivity index (χ1n) is 8.18. The number of hydrogen-bond donors (Lipinski definition) is 1. The van der Waals surface area contributed by atoms with E-state index in [0.717, 1.165) is 17.0 Å². The largest absolute Gasteiger partial charge is 0.441 e. The van der Waals surface area contributed by atoms with Crippen molar-refractivity contribution in [2.75, 3.05) is 14.1 Å². The van der Waals surface area contributed by atoms with Crippen LogP contribution in [0.5, 0.6) is 0 Å². The maximum absolute atomic E-state index is 12.5. The van der Waals surface area contributed by atoms with Gasteiger partial charge in [0.1, 0.15) is 0 Å². The predicted molar refractivity (Wildman–Crippen MR) is 93.0 cm³/mol. The number of nitrogens with zero attached hydrogens (tertiary/aromatic N) is 3. The van der Waals surface area contributed by atoms with E-state index in [1.165, 1.54) is 4.90 Å². The summed E-state index contributed by atoms with van der Waals surface area (Å²) in [7, 11) is 3.22. The fourth-order valence-electron chi connectivity index (χ4n) is 2.97. The van der Waals surface area contributed by atoms with Crippen LogP contribution in [0.4, 0.5) is 4.79 Å². The van der Waals surface area contributed by atoms with Crippen molar-refractivity contribution in [3.8, 4) is 11.3 Å². The molecular weight excluding hydrogens is 320 g/mol. The number of amides is 2. The topological polar surface area (TPSA) is 76.5 Å². The summed E-state index contributed by atoms with van der Waals surface area (Å²) in [6.45, 7) is 3.71. The van der Waals surface area contributed by atoms with Crippen molar-refractivity contribution in [3.05, 3.63) is 42.1 Å². The molecule has 1 aliphatic rings. The van der Waals surface area contributed by atoms with Gasteiger partial charge in [-0.15, -0.1) is 0 Å². The van der Waals surface area contributed by atoms with Crippen LogP contribution in [0.25, 0.3) is 11.3 Å². The smallest absolute Gasteiger partial charge is 0.409 e. The van der Waals surface area contributed by atoms with E-state index in [1.54, 1.807) is 18.8 Å². The number of hydrogen-bond acceptors (Lipinski definition) is 4. The number of aromatic nitrogens is 2. The molecular formula is C18H22N4O3. The van der Waals surface area contributed by atoms with E-state index in [2.05, 4.69) is 10.4 Å². The zero-order valence-electron chi connectivity index (χ0n) is 14.8. The molecule has 1 fully saturated rings. The number of carbonyl (C=O) groups excluding carboxylic acids is 2. The minimum Gasteiger partial charge on any atom is -0.441 e. The van der Waals surface area contributed by atoms with Crippen LogP contribution in [-0.4, -0.2) is 52.9 Å². The molecule has 3 rings (SSSR count). The highest BCUT2D eigenvalue weighted by Crippen LogP contribution is 2.28. The molecule has 0 saturated carbocycles. The summed E-state index contributed by atoms with van der Waals surface area (Å²) in [6, 6.07) is 10.7. The second kappa shape index (κ2) is 6.58. The minimum absolute atomic E-state index is 0.199. The fourth-order valence-corrected chi connectivity index (χ4v) is 2.97. The molecule has 3 atom stereocenters. The molecule has 7 heteroatoms. The van der Waals surface area contributed by atoms with E-state index in [9.17, 15) is 9.59 Å². The van der Waals surface area contributed by atoms with Gasteiger partial charge < -0.3 is 15.0 Å². The van der Waals surface area contributed by atoms with Crippen molar-refractivity contribution in [2.45, 2.75) is 32.0 Å². The number of carbonyl (C=O) groups is 2. The van der Waals surface area contributed by atoms with E-state index in [0.29, 0.717) is 0 Å². The summed E-state index contributed by atoms with van der Waals surface area (Å²) >= 11 is 0. The van der Waals surface area contributed by atoms with Crippen molar-refractivity contribution in [2.24, 2.45) is 0 Å². The highest BCUT2D eigenvalue weighted by molar-refractivity contribution is 5.84. The summed E-state index contributed by atoms with van der Waals surface area (Å²) in [5, 5.41) is 7.44. The van der Waals surface area contributed by atoms with Gasteiger partial charge in [-0.2, -0.15) is 5.10 Å². The summed E-state index contributed by atoms with van der Waals surface area (Å²) in [5.74, 6) is -0.199. The summed E-state index contributed by atoms with van der Waals surface area (Å²) in [4.78, 5) is 25.8. The minimum atomic E-state index is -0.684. The Morgan fingerprint density at radius 2 is 1.96 bits per heavy atom. The Labute approximate surface area is 146 Å². The lowest BCUT2D eigenvalue weighted by atomic mass is 10.1. The van der Waals surface area contributed by atoms with Gasteiger partial charge in [-0.1, -0.05) is 30.3 Å². The predicted octanol–water partition coefficient (Wildman–Crippen LogP) is 1.98. The van der Waals surface area contributed by atoms with Crippen LogP contribution < -0.4 is 5.32 Å². The Balaban J connectivity index is 1.94. The number of nitrogens with one attached hydrogen (secondary N) is 1. The molecule has 0 spiro atoms. The van der Waals surface area contributed by atoms with Crippen LogP contribution in [0.2, 0.25) is 0 Å². The number of rotatable bonds is 3. The van der Waals surface area contributed by atoms with Gasteiger partial charge >= 0.3 is 6.09 Å². The molecule has 2 aromatic rings. The van der Waals surface area contributed by atoms with Gasteiger partial charge in [0, 0.05) is 25.4 Å². The molecule has 0 aliphatic carbocycles. The Bertz CT molecular complexity index is 785. The van der Waals surface area contributed by atoms with E-state index in [-0.39, 0.29) is 11.9 Å². The average molecular weight is 342 g/mol. The molecule has 2 heterocycles. The van der Waals surface area contributed by atoms with Crippen LogP contribution >= 0.6 is 0 Å². The molecule has 1 saturated heterocycles. The molecule has 2 amide bonds. The van der Waals surface area contributed by atoms with Gasteiger partial charge in [0.25, 0.3) is 0 Å². The number of aryl methyl sites for hydroxylation is 1. The number of ether oxygens (including phenoxy) is 1. The first-order valence-corrected chi connectivity index (χ1v) is 8.18. The third-order valence-electron chi connectivity index (χ3n) is 4.30. The van der Waals surface area contributed by atoms with Gasteiger partial charge in [-0.05, 0) is 19.9 Å². The monoisotopic (exact) mass is 342 g/mol. The quantitative estimate of drug-likeness (QED) is 0.925. The van der Waals surface area contributed by atoms with Gasteiger partial charge in [0.2, 0.25) is 5.91 Å². The van der Waals surface area contributed by atoms with Crippen molar-refractivity contribution in [1.82, 2.24) is 20.0 Å². The van der Waals surface area contributed by atoms with E-state index in [1.807, 2.05) is 50.2 Å². The maximum Gasteiger partial charge on any atom is 0.409 e. The summed E-state index contributed by atoms with van der Waals surface area (Å²) < 4.78 is 7.18. The van der Waals surface area contributed by atoms with Crippen LogP contribution in [0.3, 0.4) is 0 Å². The summed E-state index contributed by atoms with van der Waals surface area (Å²) in [6.07, 6.45) is -1.10. The highest BCUT2D eigenvalue weighted by Gasteiger charge is 2.45. The van der Waals surface area contributed by atoms with Crippen molar-refractivity contribution in [1.29, 1.82) is 0 Å². The average Bonchev–Trinajstić information content (AvgIpc) is 3.08. The molecule has 0 radical (unpaired) electrons. The molecule has 3 unspecified atom stereocenters. The van der Waals surface area contributed by atoms with Crippen molar-refractivity contribution < 1.29 is 14.3 Å². The number of benzene rings is 1. The van der Waals surface area contributed by atoms with E-state index < -0.39 is 18.2 Å². The Kier molecular flexibility index (Phi) is 4.48.